The number of benzene rings is 2. The Bertz CT molecular complexity index is 806. The van der Waals surface area contributed by atoms with E-state index in [0.29, 0.717) is 18.1 Å². The Balaban J connectivity index is 1.50. The number of hydrogen-bond donors (Lipinski definition) is 1. The quantitative estimate of drug-likeness (QED) is 0.766. The summed E-state index contributed by atoms with van der Waals surface area (Å²) in [5, 5.41) is 3.44. The Morgan fingerprint density at radius 3 is 2.67 bits per heavy atom. The molecule has 1 fully saturated rings. The van der Waals surface area contributed by atoms with Crippen molar-refractivity contribution in [3.05, 3.63) is 71.0 Å². The number of carbonyl (C=O) groups excluding carboxylic acids is 1. The molecule has 3 unspecified atom stereocenters. The Morgan fingerprint density at radius 1 is 1.22 bits per heavy atom. The Morgan fingerprint density at radius 2 is 1.96 bits per heavy atom. The van der Waals surface area contributed by atoms with Gasteiger partial charge >= 0.3 is 0 Å². The molecule has 3 atom stereocenters. The van der Waals surface area contributed by atoms with Gasteiger partial charge in [0.1, 0.15) is 5.82 Å². The van der Waals surface area contributed by atoms with Crippen LogP contribution >= 0.6 is 11.8 Å². The van der Waals surface area contributed by atoms with E-state index < -0.39 is 6.10 Å². The van der Waals surface area contributed by atoms with Gasteiger partial charge in [-0.2, -0.15) is 11.8 Å². The van der Waals surface area contributed by atoms with Crippen molar-refractivity contribution in [3.63, 3.8) is 0 Å². The summed E-state index contributed by atoms with van der Waals surface area (Å²) in [7, 11) is 0. The summed E-state index contributed by atoms with van der Waals surface area (Å²) in [5.41, 5.74) is 3.29. The summed E-state index contributed by atoms with van der Waals surface area (Å²) < 4.78 is 19.3. The molecule has 4 rings (SSSR count). The molecule has 0 bridgehead atoms. The summed E-state index contributed by atoms with van der Waals surface area (Å²) in [6.07, 6.45) is 4.52. The minimum Gasteiger partial charge on any atom is -0.363 e. The lowest BCUT2D eigenvalue weighted by Crippen LogP contribution is -2.40. The molecule has 5 heteroatoms. The lowest BCUT2D eigenvalue weighted by atomic mass is 10.1. The summed E-state index contributed by atoms with van der Waals surface area (Å²) in [6, 6.07) is 14.4. The molecule has 2 aliphatic carbocycles. The third-order valence-corrected chi connectivity index (χ3v) is 6.45. The lowest BCUT2D eigenvalue weighted by Gasteiger charge is -2.24. The van der Waals surface area contributed by atoms with E-state index in [9.17, 15) is 9.18 Å². The summed E-state index contributed by atoms with van der Waals surface area (Å²) in [4.78, 5) is 13.1. The van der Waals surface area contributed by atoms with Gasteiger partial charge in [-0.1, -0.05) is 36.4 Å². The number of hydrogen-bond acceptors (Lipinski definition) is 3. The molecule has 0 heterocycles. The molecule has 1 amide bonds. The van der Waals surface area contributed by atoms with E-state index in [1.807, 2.05) is 12.1 Å². The van der Waals surface area contributed by atoms with E-state index in [2.05, 4.69) is 23.7 Å². The third kappa shape index (κ3) is 4.19. The zero-order valence-corrected chi connectivity index (χ0v) is 16.2. The van der Waals surface area contributed by atoms with Gasteiger partial charge in [-0.05, 0) is 60.3 Å². The minimum absolute atomic E-state index is 0.0392. The Kier molecular flexibility index (Phi) is 5.50. The number of rotatable bonds is 7. The maximum absolute atomic E-state index is 13.3. The molecule has 2 aromatic carbocycles. The number of nitrogens with one attached hydrogen (secondary N) is 1. The molecule has 0 radical (unpaired) electrons. The van der Waals surface area contributed by atoms with E-state index in [1.54, 1.807) is 23.9 Å². The minimum atomic E-state index is -0.697. The number of thioether (sulfide) groups is 1. The number of halogens is 1. The van der Waals surface area contributed by atoms with Crippen LogP contribution in [0.2, 0.25) is 0 Å². The highest BCUT2D eigenvalue weighted by molar-refractivity contribution is 7.98. The monoisotopic (exact) mass is 385 g/mol. The predicted octanol–water partition coefficient (Wildman–Crippen LogP) is 4.44. The first-order valence-electron chi connectivity index (χ1n) is 9.43. The molecule has 2 aliphatic rings. The average molecular weight is 386 g/mol. The standard InChI is InChI=1S/C22H24FNO2S/c1-27-21-18-5-3-2-4-16(18)12-19(21)24-22(25)20(26-13-14-6-7-14)15-8-10-17(23)11-9-15/h2-5,8-11,14,19-21H,6-7,12-13H2,1H3,(H,24,25). The van der Waals surface area contributed by atoms with Gasteiger partial charge < -0.3 is 10.1 Å². The van der Waals surface area contributed by atoms with E-state index in [-0.39, 0.29) is 23.0 Å². The van der Waals surface area contributed by atoms with Crippen molar-refractivity contribution in [2.75, 3.05) is 12.9 Å². The van der Waals surface area contributed by atoms with Crippen LogP contribution in [0.3, 0.4) is 0 Å². The van der Waals surface area contributed by atoms with Crippen LogP contribution in [0.25, 0.3) is 0 Å². The highest BCUT2D eigenvalue weighted by atomic mass is 32.2. The van der Waals surface area contributed by atoms with Gasteiger partial charge in [0.2, 0.25) is 0 Å². The van der Waals surface area contributed by atoms with Gasteiger partial charge in [0.25, 0.3) is 5.91 Å². The fraction of sp³-hybridized carbons (Fsp3) is 0.409. The average Bonchev–Trinajstić information content (AvgIpc) is 3.43. The molecule has 27 heavy (non-hydrogen) atoms. The van der Waals surface area contributed by atoms with E-state index in [4.69, 9.17) is 4.74 Å². The van der Waals surface area contributed by atoms with Crippen molar-refractivity contribution in [1.29, 1.82) is 0 Å². The number of amides is 1. The molecule has 0 aliphatic heterocycles. The fourth-order valence-corrected chi connectivity index (χ4v) is 4.69. The Hall–Kier alpha value is -1.85. The van der Waals surface area contributed by atoms with Gasteiger partial charge in [-0.3, -0.25) is 4.79 Å². The highest BCUT2D eigenvalue weighted by Crippen LogP contribution is 2.40. The first-order valence-corrected chi connectivity index (χ1v) is 10.7. The van der Waals surface area contributed by atoms with Crippen LogP contribution in [0.5, 0.6) is 0 Å². The van der Waals surface area contributed by atoms with Crippen molar-refractivity contribution in [2.45, 2.75) is 36.7 Å². The van der Waals surface area contributed by atoms with Crippen molar-refractivity contribution in [1.82, 2.24) is 5.32 Å². The molecule has 0 saturated heterocycles. The second-order valence-corrected chi connectivity index (χ2v) is 8.36. The van der Waals surface area contributed by atoms with Gasteiger partial charge in [-0.25, -0.2) is 4.39 Å². The van der Waals surface area contributed by atoms with E-state index >= 15 is 0 Å². The maximum atomic E-state index is 13.3. The van der Waals surface area contributed by atoms with Gasteiger partial charge in [-0.15, -0.1) is 0 Å². The molecular formula is C22H24FNO2S. The highest BCUT2D eigenvalue weighted by Gasteiger charge is 2.35. The first-order chi connectivity index (χ1) is 13.2. The first kappa shape index (κ1) is 18.5. The zero-order chi connectivity index (χ0) is 18.8. The lowest BCUT2D eigenvalue weighted by molar-refractivity contribution is -0.134. The fourth-order valence-electron chi connectivity index (χ4n) is 3.71. The number of fused-ring (bicyclic) bond motifs is 1. The summed E-state index contributed by atoms with van der Waals surface area (Å²) in [5.74, 6) is 0.100. The van der Waals surface area contributed by atoms with Crippen molar-refractivity contribution < 1.29 is 13.9 Å². The maximum Gasteiger partial charge on any atom is 0.254 e. The van der Waals surface area contributed by atoms with Crippen LogP contribution in [-0.4, -0.2) is 24.8 Å². The summed E-state index contributed by atoms with van der Waals surface area (Å²) >= 11 is 1.76. The molecular weight excluding hydrogens is 361 g/mol. The van der Waals surface area contributed by atoms with Crippen molar-refractivity contribution in [3.8, 4) is 0 Å². The molecule has 1 saturated carbocycles. The van der Waals surface area contributed by atoms with E-state index in [1.165, 1.54) is 23.3 Å². The third-order valence-electron chi connectivity index (χ3n) is 5.35. The van der Waals surface area contributed by atoms with Crippen LogP contribution in [0, 0.1) is 11.7 Å². The smallest absolute Gasteiger partial charge is 0.254 e. The van der Waals surface area contributed by atoms with Crippen LogP contribution in [0.1, 0.15) is 40.9 Å². The Labute approximate surface area is 163 Å². The SMILES string of the molecule is CSC1c2ccccc2CC1NC(=O)C(OCC1CC1)c1ccc(F)cc1. The molecule has 2 aromatic rings. The van der Waals surface area contributed by atoms with Gasteiger partial charge in [0.05, 0.1) is 11.9 Å². The molecule has 0 aromatic heterocycles. The molecule has 1 N–H and O–H groups in total. The van der Waals surface area contributed by atoms with Gasteiger partial charge in [0, 0.05) is 6.04 Å². The van der Waals surface area contributed by atoms with Crippen LogP contribution in [0.15, 0.2) is 48.5 Å². The second-order valence-electron chi connectivity index (χ2n) is 7.38. The van der Waals surface area contributed by atoms with Crippen LogP contribution in [-0.2, 0) is 16.0 Å². The molecule has 3 nitrogen and oxygen atoms in total. The topological polar surface area (TPSA) is 38.3 Å². The molecule has 0 spiro atoms. The number of ether oxygens (including phenoxy) is 1. The normalized spacial score (nSPS) is 22.3. The zero-order valence-electron chi connectivity index (χ0n) is 15.4. The molecule has 142 valence electrons. The van der Waals surface area contributed by atoms with Gasteiger partial charge in [0.15, 0.2) is 6.10 Å². The van der Waals surface area contributed by atoms with Crippen LogP contribution in [0.4, 0.5) is 4.39 Å². The second kappa shape index (κ2) is 8.03. The van der Waals surface area contributed by atoms with Crippen molar-refractivity contribution in [2.24, 2.45) is 5.92 Å². The van der Waals surface area contributed by atoms with Crippen LogP contribution < -0.4 is 5.32 Å². The number of carbonyl (C=O) groups is 1. The van der Waals surface area contributed by atoms with Crippen molar-refractivity contribution >= 4 is 17.7 Å². The predicted molar refractivity (Wildman–Crippen MR) is 106 cm³/mol. The largest absolute Gasteiger partial charge is 0.363 e. The van der Waals surface area contributed by atoms with E-state index in [0.717, 1.165) is 19.3 Å². The summed E-state index contributed by atoms with van der Waals surface area (Å²) in [6.45, 7) is 0.576.